The summed E-state index contributed by atoms with van der Waals surface area (Å²) in [5.41, 5.74) is 0.964. The van der Waals surface area contributed by atoms with Crippen LogP contribution in [0.25, 0.3) is 11.3 Å². The van der Waals surface area contributed by atoms with Gasteiger partial charge in [0.2, 0.25) is 0 Å². The number of carbonyl (C=O) groups excluding carboxylic acids is 1. The Morgan fingerprint density at radius 2 is 2.29 bits per heavy atom. The average Bonchev–Trinajstić information content (AvgIpc) is 2.97. The van der Waals surface area contributed by atoms with Gasteiger partial charge in [-0.3, -0.25) is 4.79 Å². The first-order chi connectivity index (χ1) is 10.1. The molecule has 0 fully saturated rings. The predicted octanol–water partition coefficient (Wildman–Crippen LogP) is 2.89. The molecular weight excluding hydrogens is 292 g/mol. The molecule has 21 heavy (non-hydrogen) atoms. The molecule has 0 saturated heterocycles. The number of carbonyl (C=O) groups is 1. The SMILES string of the molecule is CCC(O)CCNC(=O)c1cc(-c2cccc(Cl)c2)on1. The topological polar surface area (TPSA) is 75.4 Å². The Kier molecular flexibility index (Phi) is 5.36. The first kappa shape index (κ1) is 15.5. The van der Waals surface area contributed by atoms with Gasteiger partial charge in [-0.1, -0.05) is 35.8 Å². The fourth-order valence-electron chi connectivity index (χ4n) is 1.81. The van der Waals surface area contributed by atoms with Crippen LogP contribution in [0.3, 0.4) is 0 Å². The van der Waals surface area contributed by atoms with Crippen LogP contribution in [0.4, 0.5) is 0 Å². The summed E-state index contributed by atoms with van der Waals surface area (Å²) in [5, 5.41) is 16.4. The van der Waals surface area contributed by atoms with Crippen molar-refractivity contribution in [1.29, 1.82) is 0 Å². The highest BCUT2D eigenvalue weighted by molar-refractivity contribution is 6.30. The lowest BCUT2D eigenvalue weighted by atomic mass is 10.1. The minimum atomic E-state index is -0.398. The van der Waals surface area contributed by atoms with Gasteiger partial charge in [0.15, 0.2) is 11.5 Å². The maximum absolute atomic E-state index is 11.9. The van der Waals surface area contributed by atoms with E-state index < -0.39 is 6.10 Å². The number of hydrogen-bond donors (Lipinski definition) is 2. The molecule has 2 N–H and O–H groups in total. The molecule has 112 valence electrons. The van der Waals surface area contributed by atoms with Crippen LogP contribution in [-0.2, 0) is 0 Å². The minimum absolute atomic E-state index is 0.205. The quantitative estimate of drug-likeness (QED) is 0.860. The van der Waals surface area contributed by atoms with Gasteiger partial charge in [-0.05, 0) is 25.0 Å². The summed E-state index contributed by atoms with van der Waals surface area (Å²) in [6.07, 6.45) is 0.782. The first-order valence-corrected chi connectivity index (χ1v) is 7.17. The Balaban J connectivity index is 1.98. The van der Waals surface area contributed by atoms with E-state index in [1.165, 1.54) is 0 Å². The van der Waals surface area contributed by atoms with Crippen molar-refractivity contribution in [2.24, 2.45) is 0 Å². The van der Waals surface area contributed by atoms with E-state index in [1.54, 1.807) is 24.3 Å². The van der Waals surface area contributed by atoms with Crippen LogP contribution < -0.4 is 5.32 Å². The molecule has 2 rings (SSSR count). The van der Waals surface area contributed by atoms with Gasteiger partial charge >= 0.3 is 0 Å². The fraction of sp³-hybridized carbons (Fsp3) is 0.333. The van der Waals surface area contributed by atoms with Gasteiger partial charge in [0.05, 0.1) is 6.10 Å². The molecule has 0 radical (unpaired) electrons. The van der Waals surface area contributed by atoms with Gasteiger partial charge in [0.25, 0.3) is 5.91 Å². The molecule has 1 aromatic carbocycles. The fourth-order valence-corrected chi connectivity index (χ4v) is 2.00. The number of aliphatic hydroxyl groups is 1. The van der Waals surface area contributed by atoms with Crippen LogP contribution in [0.1, 0.15) is 30.3 Å². The molecule has 1 amide bonds. The molecule has 5 nitrogen and oxygen atoms in total. The number of hydrogen-bond acceptors (Lipinski definition) is 4. The maximum atomic E-state index is 11.9. The third-order valence-electron chi connectivity index (χ3n) is 3.09. The molecule has 2 aromatic rings. The van der Waals surface area contributed by atoms with Crippen molar-refractivity contribution >= 4 is 17.5 Å². The molecule has 0 saturated carbocycles. The number of benzene rings is 1. The van der Waals surface area contributed by atoms with E-state index in [-0.39, 0.29) is 11.6 Å². The van der Waals surface area contributed by atoms with E-state index in [0.29, 0.717) is 30.2 Å². The molecule has 0 aliphatic rings. The molecule has 1 heterocycles. The second-order valence-electron chi connectivity index (χ2n) is 4.69. The van der Waals surface area contributed by atoms with Gasteiger partial charge in [0, 0.05) is 23.2 Å². The lowest BCUT2D eigenvalue weighted by Gasteiger charge is -2.07. The number of aliphatic hydroxyl groups excluding tert-OH is 1. The number of nitrogens with one attached hydrogen (secondary N) is 1. The second-order valence-corrected chi connectivity index (χ2v) is 5.13. The Bertz CT molecular complexity index is 612. The normalized spacial score (nSPS) is 12.1. The van der Waals surface area contributed by atoms with E-state index in [9.17, 15) is 9.90 Å². The van der Waals surface area contributed by atoms with Crippen molar-refractivity contribution in [3.8, 4) is 11.3 Å². The van der Waals surface area contributed by atoms with Crippen LogP contribution in [0.2, 0.25) is 5.02 Å². The van der Waals surface area contributed by atoms with Gasteiger partial charge in [-0.2, -0.15) is 0 Å². The summed E-state index contributed by atoms with van der Waals surface area (Å²) < 4.78 is 5.16. The van der Waals surface area contributed by atoms with Crippen LogP contribution in [0.5, 0.6) is 0 Å². The first-order valence-electron chi connectivity index (χ1n) is 6.79. The molecule has 6 heteroatoms. The Labute approximate surface area is 127 Å². The van der Waals surface area contributed by atoms with E-state index in [0.717, 1.165) is 5.56 Å². The predicted molar refractivity (Wildman–Crippen MR) is 80.2 cm³/mol. The van der Waals surface area contributed by atoms with Gasteiger partial charge in [-0.25, -0.2) is 0 Å². The smallest absolute Gasteiger partial charge is 0.273 e. The van der Waals surface area contributed by atoms with Crippen LogP contribution in [0.15, 0.2) is 34.9 Å². The molecule has 1 aromatic heterocycles. The average molecular weight is 309 g/mol. The van der Waals surface area contributed by atoms with E-state index in [1.807, 2.05) is 13.0 Å². The zero-order valence-electron chi connectivity index (χ0n) is 11.7. The van der Waals surface area contributed by atoms with Crippen molar-refractivity contribution in [3.05, 3.63) is 41.0 Å². The van der Waals surface area contributed by atoms with E-state index >= 15 is 0 Å². The third kappa shape index (κ3) is 4.31. The molecular formula is C15H17ClN2O3. The van der Waals surface area contributed by atoms with Crippen LogP contribution >= 0.6 is 11.6 Å². The number of rotatable bonds is 6. The minimum Gasteiger partial charge on any atom is -0.393 e. The highest BCUT2D eigenvalue weighted by Crippen LogP contribution is 2.23. The Morgan fingerprint density at radius 3 is 3.00 bits per heavy atom. The van der Waals surface area contributed by atoms with E-state index in [4.69, 9.17) is 16.1 Å². The van der Waals surface area contributed by atoms with Gasteiger partial charge in [-0.15, -0.1) is 0 Å². The van der Waals surface area contributed by atoms with Crippen molar-refractivity contribution in [1.82, 2.24) is 10.5 Å². The van der Waals surface area contributed by atoms with Crippen molar-refractivity contribution in [2.75, 3.05) is 6.54 Å². The van der Waals surface area contributed by atoms with Crippen LogP contribution in [-0.4, -0.2) is 28.8 Å². The zero-order valence-corrected chi connectivity index (χ0v) is 12.4. The van der Waals surface area contributed by atoms with Crippen molar-refractivity contribution < 1.29 is 14.4 Å². The summed E-state index contributed by atoms with van der Waals surface area (Å²) in [6, 6.07) is 8.68. The molecule has 1 atom stereocenters. The lowest BCUT2D eigenvalue weighted by Crippen LogP contribution is -2.27. The summed E-state index contributed by atoms with van der Waals surface area (Å²) >= 11 is 5.91. The molecule has 1 unspecified atom stereocenters. The zero-order chi connectivity index (χ0) is 15.2. The lowest BCUT2D eigenvalue weighted by molar-refractivity contribution is 0.0933. The highest BCUT2D eigenvalue weighted by atomic mass is 35.5. The molecule has 0 aliphatic heterocycles. The van der Waals surface area contributed by atoms with Gasteiger partial charge in [0.1, 0.15) is 0 Å². The maximum Gasteiger partial charge on any atom is 0.273 e. The third-order valence-corrected chi connectivity index (χ3v) is 3.32. The van der Waals surface area contributed by atoms with Crippen molar-refractivity contribution in [3.63, 3.8) is 0 Å². The van der Waals surface area contributed by atoms with Gasteiger partial charge < -0.3 is 14.9 Å². The highest BCUT2D eigenvalue weighted by Gasteiger charge is 2.13. The number of halogens is 1. The molecule has 0 spiro atoms. The largest absolute Gasteiger partial charge is 0.393 e. The Hall–Kier alpha value is -1.85. The van der Waals surface area contributed by atoms with Crippen molar-refractivity contribution in [2.45, 2.75) is 25.9 Å². The number of aromatic nitrogens is 1. The Morgan fingerprint density at radius 1 is 1.48 bits per heavy atom. The number of nitrogens with zero attached hydrogens (tertiary/aromatic N) is 1. The summed E-state index contributed by atoms with van der Waals surface area (Å²) in [6.45, 7) is 2.29. The molecule has 0 bridgehead atoms. The second kappa shape index (κ2) is 7.24. The standard InChI is InChI=1S/C15H17ClN2O3/c1-2-12(19)6-7-17-15(20)13-9-14(21-18-13)10-4-3-5-11(16)8-10/h3-5,8-9,12,19H,2,6-7H2,1H3,(H,17,20). The number of amides is 1. The summed E-state index contributed by atoms with van der Waals surface area (Å²) in [4.78, 5) is 11.9. The monoisotopic (exact) mass is 308 g/mol. The van der Waals surface area contributed by atoms with E-state index in [2.05, 4.69) is 10.5 Å². The summed E-state index contributed by atoms with van der Waals surface area (Å²) in [7, 11) is 0. The summed E-state index contributed by atoms with van der Waals surface area (Å²) in [5.74, 6) is 0.159. The van der Waals surface area contributed by atoms with Crippen LogP contribution in [0, 0.1) is 0 Å². The molecule has 0 aliphatic carbocycles.